The minimum absolute atomic E-state index is 0.0671. The van der Waals surface area contributed by atoms with Gasteiger partial charge in [0.15, 0.2) is 6.10 Å². The van der Waals surface area contributed by atoms with Gasteiger partial charge >= 0.3 is 5.97 Å². The summed E-state index contributed by atoms with van der Waals surface area (Å²) in [5, 5.41) is 25.3. The fourth-order valence-corrected chi connectivity index (χ4v) is 2.15. The van der Waals surface area contributed by atoms with Crippen LogP contribution >= 0.6 is 0 Å². The van der Waals surface area contributed by atoms with Gasteiger partial charge in [0.1, 0.15) is 11.4 Å². The third kappa shape index (κ3) is 3.94. The van der Waals surface area contributed by atoms with Crippen LogP contribution in [0.5, 0.6) is 0 Å². The molecule has 0 aromatic heterocycles. The molecule has 2 N–H and O–H groups in total. The standard InChI is InChI=1S/C17H16N2O4/c1-12(20)23-17(15(18-21)13-8-4-2-5-9-13)16(19-22)14-10-6-3-7-11-14/h2-11,17,21-22H,1H3. The van der Waals surface area contributed by atoms with Crippen LogP contribution in [-0.4, -0.2) is 33.9 Å². The molecule has 23 heavy (non-hydrogen) atoms. The fourth-order valence-electron chi connectivity index (χ4n) is 2.15. The molecule has 118 valence electrons. The Kier molecular flexibility index (Phi) is 5.46. The fraction of sp³-hybridized carbons (Fsp3) is 0.118. The highest BCUT2D eigenvalue weighted by Gasteiger charge is 2.29. The normalized spacial score (nSPS) is 13.4. The van der Waals surface area contributed by atoms with Crippen molar-refractivity contribution in [2.75, 3.05) is 0 Å². The number of nitrogens with zero attached hydrogens (tertiary/aromatic N) is 2. The van der Waals surface area contributed by atoms with E-state index < -0.39 is 12.1 Å². The molecule has 2 aromatic carbocycles. The summed E-state index contributed by atoms with van der Waals surface area (Å²) in [6.07, 6.45) is -1.15. The molecule has 0 heterocycles. The minimum atomic E-state index is -1.15. The first-order chi connectivity index (χ1) is 11.2. The van der Waals surface area contributed by atoms with Crippen LogP contribution in [0.2, 0.25) is 0 Å². The Morgan fingerprint density at radius 1 is 0.870 bits per heavy atom. The Balaban J connectivity index is 2.50. The molecule has 0 saturated carbocycles. The highest BCUT2D eigenvalue weighted by Crippen LogP contribution is 2.15. The third-order valence-corrected chi connectivity index (χ3v) is 3.14. The smallest absolute Gasteiger partial charge is 0.303 e. The van der Waals surface area contributed by atoms with Gasteiger partial charge in [-0.3, -0.25) is 4.79 Å². The summed E-state index contributed by atoms with van der Waals surface area (Å²) in [5.74, 6) is -0.593. The number of hydrogen-bond donors (Lipinski definition) is 2. The van der Waals surface area contributed by atoms with E-state index in [9.17, 15) is 15.2 Å². The van der Waals surface area contributed by atoms with Crippen LogP contribution < -0.4 is 0 Å². The molecule has 6 heteroatoms. The molecule has 0 bridgehead atoms. The van der Waals surface area contributed by atoms with Crippen molar-refractivity contribution in [1.82, 2.24) is 0 Å². The Labute approximate surface area is 133 Å². The van der Waals surface area contributed by atoms with Crippen LogP contribution in [0.1, 0.15) is 18.1 Å². The molecule has 0 aliphatic carbocycles. The first-order valence-corrected chi connectivity index (χ1v) is 6.89. The molecular formula is C17H16N2O4. The van der Waals surface area contributed by atoms with Crippen molar-refractivity contribution in [2.45, 2.75) is 13.0 Å². The number of hydrogen-bond acceptors (Lipinski definition) is 6. The number of carbonyl (C=O) groups excluding carboxylic acids is 1. The Bertz CT molecular complexity index is 656. The highest BCUT2D eigenvalue weighted by molar-refractivity contribution is 6.23. The number of benzene rings is 2. The second-order valence-corrected chi connectivity index (χ2v) is 4.69. The molecule has 0 fully saturated rings. The van der Waals surface area contributed by atoms with Crippen LogP contribution in [0.3, 0.4) is 0 Å². The van der Waals surface area contributed by atoms with Gasteiger partial charge in [-0.2, -0.15) is 0 Å². The zero-order valence-corrected chi connectivity index (χ0v) is 12.5. The Morgan fingerprint density at radius 2 is 1.26 bits per heavy atom. The minimum Gasteiger partial charge on any atom is -0.449 e. The molecule has 2 aromatic rings. The maximum Gasteiger partial charge on any atom is 0.303 e. The second kappa shape index (κ2) is 7.74. The van der Waals surface area contributed by atoms with Gasteiger partial charge in [0.05, 0.1) is 0 Å². The van der Waals surface area contributed by atoms with Crippen molar-refractivity contribution in [1.29, 1.82) is 0 Å². The van der Waals surface area contributed by atoms with Crippen molar-refractivity contribution in [3.63, 3.8) is 0 Å². The second-order valence-electron chi connectivity index (χ2n) is 4.69. The van der Waals surface area contributed by atoms with E-state index in [4.69, 9.17) is 4.74 Å². The molecule has 0 aliphatic heterocycles. The van der Waals surface area contributed by atoms with Crippen LogP contribution in [-0.2, 0) is 9.53 Å². The number of carbonyl (C=O) groups is 1. The number of rotatable bonds is 5. The van der Waals surface area contributed by atoms with E-state index >= 15 is 0 Å². The lowest BCUT2D eigenvalue weighted by molar-refractivity contribution is -0.141. The lowest BCUT2D eigenvalue weighted by Gasteiger charge is -2.19. The van der Waals surface area contributed by atoms with Gasteiger partial charge in [0.25, 0.3) is 0 Å². The maximum atomic E-state index is 11.5. The number of ether oxygens (including phenoxy) is 1. The van der Waals surface area contributed by atoms with Crippen molar-refractivity contribution >= 4 is 17.4 Å². The quantitative estimate of drug-likeness (QED) is 0.384. The van der Waals surface area contributed by atoms with E-state index in [-0.39, 0.29) is 11.4 Å². The molecule has 0 radical (unpaired) electrons. The lowest BCUT2D eigenvalue weighted by Crippen LogP contribution is -2.36. The van der Waals surface area contributed by atoms with E-state index in [0.29, 0.717) is 11.1 Å². The molecule has 0 aliphatic rings. The monoisotopic (exact) mass is 312 g/mol. The van der Waals surface area contributed by atoms with Gasteiger partial charge in [-0.25, -0.2) is 0 Å². The molecule has 2 rings (SSSR count). The summed E-state index contributed by atoms with van der Waals surface area (Å²) in [5.41, 5.74) is 1.21. The molecule has 0 spiro atoms. The predicted octanol–water partition coefficient (Wildman–Crippen LogP) is 2.68. The number of esters is 1. The maximum absolute atomic E-state index is 11.5. The number of oxime groups is 2. The summed E-state index contributed by atoms with van der Waals surface area (Å²) in [6.45, 7) is 1.23. The Morgan fingerprint density at radius 3 is 1.57 bits per heavy atom. The van der Waals surface area contributed by atoms with Crippen LogP contribution in [0.15, 0.2) is 71.0 Å². The van der Waals surface area contributed by atoms with Crippen molar-refractivity contribution in [3.05, 3.63) is 71.8 Å². The van der Waals surface area contributed by atoms with Crippen LogP contribution in [0.4, 0.5) is 0 Å². The summed E-state index contributed by atoms with van der Waals surface area (Å²) < 4.78 is 5.24. The predicted molar refractivity (Wildman–Crippen MR) is 85.1 cm³/mol. The molecule has 0 saturated heterocycles. The van der Waals surface area contributed by atoms with E-state index in [1.165, 1.54) is 6.92 Å². The van der Waals surface area contributed by atoms with Crippen molar-refractivity contribution in [2.24, 2.45) is 10.3 Å². The van der Waals surface area contributed by atoms with Crippen molar-refractivity contribution in [3.8, 4) is 0 Å². The molecule has 0 unspecified atom stereocenters. The van der Waals surface area contributed by atoms with Crippen LogP contribution in [0.25, 0.3) is 0 Å². The van der Waals surface area contributed by atoms with E-state index in [1.54, 1.807) is 60.7 Å². The summed E-state index contributed by atoms with van der Waals surface area (Å²) >= 11 is 0. The summed E-state index contributed by atoms with van der Waals surface area (Å²) in [4.78, 5) is 11.5. The van der Waals surface area contributed by atoms with Gasteiger partial charge in [-0.15, -0.1) is 0 Å². The molecular weight excluding hydrogens is 296 g/mol. The van der Waals surface area contributed by atoms with Gasteiger partial charge < -0.3 is 15.2 Å². The topological polar surface area (TPSA) is 91.5 Å². The zero-order valence-electron chi connectivity index (χ0n) is 12.5. The van der Waals surface area contributed by atoms with Gasteiger partial charge in [-0.05, 0) is 0 Å². The summed E-state index contributed by atoms with van der Waals surface area (Å²) in [7, 11) is 0. The Hall–Kier alpha value is -3.15. The third-order valence-electron chi connectivity index (χ3n) is 3.14. The summed E-state index contributed by atoms with van der Waals surface area (Å²) in [6, 6.07) is 17.4. The van der Waals surface area contributed by atoms with E-state index in [0.717, 1.165) is 0 Å². The molecule has 6 nitrogen and oxygen atoms in total. The first-order valence-electron chi connectivity index (χ1n) is 6.89. The largest absolute Gasteiger partial charge is 0.449 e. The first kappa shape index (κ1) is 16.2. The zero-order chi connectivity index (χ0) is 16.7. The van der Waals surface area contributed by atoms with Crippen molar-refractivity contribution < 1.29 is 19.9 Å². The molecule has 0 atom stereocenters. The highest BCUT2D eigenvalue weighted by atomic mass is 16.5. The lowest BCUT2D eigenvalue weighted by atomic mass is 9.97. The van der Waals surface area contributed by atoms with E-state index in [1.807, 2.05) is 0 Å². The van der Waals surface area contributed by atoms with Gasteiger partial charge in [0, 0.05) is 18.1 Å². The average molecular weight is 312 g/mol. The molecule has 0 amide bonds. The van der Waals surface area contributed by atoms with E-state index in [2.05, 4.69) is 10.3 Å². The SMILES string of the molecule is CC(=O)OC(C(=NO)c1ccccc1)C(=NO)c1ccccc1. The average Bonchev–Trinajstić information content (AvgIpc) is 2.57. The van der Waals surface area contributed by atoms with Gasteiger partial charge in [0.2, 0.25) is 0 Å². The van der Waals surface area contributed by atoms with Crippen LogP contribution in [0, 0.1) is 0 Å². The van der Waals surface area contributed by atoms with Gasteiger partial charge in [-0.1, -0.05) is 71.0 Å².